The van der Waals surface area contributed by atoms with E-state index in [0.717, 1.165) is 0 Å². The number of rotatable bonds is 3. The van der Waals surface area contributed by atoms with E-state index in [9.17, 15) is 4.79 Å². The maximum absolute atomic E-state index is 10.4. The molecule has 1 aromatic rings. The molecule has 1 aromatic carbocycles. The molecule has 0 atom stereocenters. The smallest absolute Gasteiger partial charge is 0.237 e. The quantitative estimate of drug-likeness (QED) is 0.556. The summed E-state index contributed by atoms with van der Waals surface area (Å²) in [4.78, 5) is 10.4. The second-order valence-corrected chi connectivity index (χ2v) is 3.29. The first-order valence-corrected chi connectivity index (χ1v) is 4.73. The number of nitrogens with two attached hydrogens (primary N) is 1. The summed E-state index contributed by atoms with van der Waals surface area (Å²) in [7, 11) is 0. The first-order chi connectivity index (χ1) is 7.18. The lowest BCUT2D eigenvalue weighted by Gasteiger charge is -1.96. The Hall–Kier alpha value is -1.95. The van der Waals surface area contributed by atoms with Crippen molar-refractivity contribution in [3.63, 3.8) is 0 Å². The third-order valence-electron chi connectivity index (χ3n) is 1.81. The van der Waals surface area contributed by atoms with Crippen LogP contribution in [0.25, 0.3) is 0 Å². The van der Waals surface area contributed by atoms with Crippen LogP contribution in [0.1, 0.15) is 11.1 Å². The van der Waals surface area contributed by atoms with Crippen LogP contribution in [0.15, 0.2) is 24.3 Å². The summed E-state index contributed by atoms with van der Waals surface area (Å²) in [5.41, 5.74) is 7.33. The summed E-state index contributed by atoms with van der Waals surface area (Å²) < 4.78 is 0. The fourth-order valence-corrected chi connectivity index (χ4v) is 1.16. The molecule has 0 saturated heterocycles. The van der Waals surface area contributed by atoms with Gasteiger partial charge in [0.1, 0.15) is 6.54 Å². The van der Waals surface area contributed by atoms with Gasteiger partial charge in [-0.2, -0.15) is 0 Å². The van der Waals surface area contributed by atoms with Crippen molar-refractivity contribution >= 4 is 5.91 Å². The Morgan fingerprint density at radius 1 is 1.53 bits per heavy atom. The fraction of sp³-hybridized carbons (Fsp3) is 0.250. The zero-order valence-corrected chi connectivity index (χ0v) is 8.71. The van der Waals surface area contributed by atoms with E-state index in [0.29, 0.717) is 6.42 Å². The fourth-order valence-electron chi connectivity index (χ4n) is 1.16. The van der Waals surface area contributed by atoms with Gasteiger partial charge in [0.15, 0.2) is 0 Å². The molecule has 78 valence electrons. The number of hydrogen-bond donors (Lipinski definition) is 2. The van der Waals surface area contributed by atoms with Crippen LogP contribution in [-0.4, -0.2) is 12.5 Å². The Bertz CT molecular complexity index is 402. The van der Waals surface area contributed by atoms with Gasteiger partial charge in [0.25, 0.3) is 0 Å². The van der Waals surface area contributed by atoms with E-state index >= 15 is 0 Å². The van der Waals surface area contributed by atoms with Crippen molar-refractivity contribution in [2.75, 3.05) is 6.54 Å². The van der Waals surface area contributed by atoms with Gasteiger partial charge in [-0.15, -0.1) is 0 Å². The number of nitrogens with one attached hydrogen (secondary N) is 1. The second-order valence-electron chi connectivity index (χ2n) is 3.29. The molecule has 3 nitrogen and oxygen atoms in total. The third-order valence-corrected chi connectivity index (χ3v) is 1.81. The van der Waals surface area contributed by atoms with Gasteiger partial charge in [0.2, 0.25) is 5.91 Å². The number of amides is 1. The van der Waals surface area contributed by atoms with Crippen LogP contribution in [0.4, 0.5) is 0 Å². The van der Waals surface area contributed by atoms with Gasteiger partial charge in [-0.3, -0.25) is 4.79 Å². The zero-order valence-electron chi connectivity index (χ0n) is 8.71. The predicted molar refractivity (Wildman–Crippen MR) is 59.9 cm³/mol. The molecule has 0 aliphatic rings. The van der Waals surface area contributed by atoms with Crippen LogP contribution in [0.2, 0.25) is 0 Å². The molecule has 0 bridgehead atoms. The van der Waals surface area contributed by atoms with Crippen LogP contribution >= 0.6 is 0 Å². The van der Waals surface area contributed by atoms with Crippen molar-refractivity contribution < 1.29 is 4.79 Å². The molecule has 1 amide bonds. The summed E-state index contributed by atoms with van der Waals surface area (Å²) in [6.45, 7) is 2.14. The van der Waals surface area contributed by atoms with Gasteiger partial charge in [-0.05, 0) is 12.5 Å². The van der Waals surface area contributed by atoms with Crippen LogP contribution < -0.4 is 11.1 Å². The summed E-state index contributed by atoms with van der Waals surface area (Å²) in [6.07, 6.45) is 0.674. The molecule has 0 heterocycles. The maximum Gasteiger partial charge on any atom is 0.237 e. The molecule has 0 radical (unpaired) electrons. The average Bonchev–Trinajstić information content (AvgIpc) is 2.17. The molecule has 0 aliphatic carbocycles. The molecule has 0 spiro atoms. The van der Waals surface area contributed by atoms with Crippen LogP contribution in [-0.2, 0) is 11.2 Å². The summed E-state index contributed by atoms with van der Waals surface area (Å²) >= 11 is 0. The highest BCUT2D eigenvalue weighted by molar-refractivity contribution is 5.76. The van der Waals surface area contributed by atoms with Crippen molar-refractivity contribution in [1.82, 2.24) is 5.32 Å². The van der Waals surface area contributed by atoms with Gasteiger partial charge >= 0.3 is 0 Å². The Balaban J connectivity index is 2.39. The highest BCUT2D eigenvalue weighted by Crippen LogP contribution is 2.03. The van der Waals surface area contributed by atoms with E-state index < -0.39 is 5.91 Å². The second kappa shape index (κ2) is 5.71. The molecule has 15 heavy (non-hydrogen) atoms. The minimum absolute atomic E-state index is 0.0980. The molecule has 3 N–H and O–H groups in total. The van der Waals surface area contributed by atoms with Crippen LogP contribution in [0.5, 0.6) is 0 Å². The first kappa shape index (κ1) is 11.1. The Morgan fingerprint density at radius 3 is 3.00 bits per heavy atom. The zero-order chi connectivity index (χ0) is 11.1. The predicted octanol–water partition coefficient (Wildman–Crippen LogP) is 0.573. The van der Waals surface area contributed by atoms with Crippen LogP contribution in [0, 0.1) is 18.9 Å². The van der Waals surface area contributed by atoms with E-state index in [1.807, 2.05) is 25.1 Å². The molecule has 3 heteroatoms. The lowest BCUT2D eigenvalue weighted by Crippen LogP contribution is -2.25. The summed E-state index contributed by atoms with van der Waals surface area (Å²) in [6, 6.07) is 10.8. The summed E-state index contributed by atoms with van der Waals surface area (Å²) in [5, 5.41) is 2.63. The molecular formula is C12H14N2O. The summed E-state index contributed by atoms with van der Waals surface area (Å²) in [5.74, 6) is 2.51. The molecule has 0 aliphatic heterocycles. The largest absolute Gasteiger partial charge is 0.368 e. The number of carbonyl (C=O) groups is 1. The normalized spacial score (nSPS) is 8.87. The molecular weight excluding hydrogens is 188 g/mol. The standard InChI is InChI=1S/C12H14N2O/c1-10-4-2-5-11(8-10)6-3-7-14-9-12(13)15/h2,4-5,8,14H,6,9H2,1H3,(H2,13,15). The topological polar surface area (TPSA) is 55.1 Å². The highest BCUT2D eigenvalue weighted by atomic mass is 16.1. The van der Waals surface area contributed by atoms with E-state index in [1.54, 1.807) is 0 Å². The first-order valence-electron chi connectivity index (χ1n) is 4.73. The molecule has 0 fully saturated rings. The van der Waals surface area contributed by atoms with Crippen molar-refractivity contribution in [2.45, 2.75) is 13.3 Å². The van der Waals surface area contributed by atoms with Crippen molar-refractivity contribution in [3.05, 3.63) is 35.4 Å². The van der Waals surface area contributed by atoms with E-state index in [2.05, 4.69) is 23.3 Å². The lowest BCUT2D eigenvalue weighted by atomic mass is 10.1. The number of benzene rings is 1. The number of hydrogen-bond acceptors (Lipinski definition) is 2. The third kappa shape index (κ3) is 4.72. The van der Waals surface area contributed by atoms with Crippen molar-refractivity contribution in [1.29, 1.82) is 0 Å². The Morgan fingerprint density at radius 2 is 2.33 bits per heavy atom. The monoisotopic (exact) mass is 202 g/mol. The van der Waals surface area contributed by atoms with E-state index in [-0.39, 0.29) is 6.54 Å². The Kier molecular flexibility index (Phi) is 4.24. The number of carbonyl (C=O) groups excluding carboxylic acids is 1. The van der Waals surface area contributed by atoms with Gasteiger partial charge in [-0.25, -0.2) is 0 Å². The van der Waals surface area contributed by atoms with Gasteiger partial charge in [0, 0.05) is 12.5 Å². The SMILES string of the molecule is Cc1cccc(CC#CNCC(N)=O)c1. The molecule has 0 unspecified atom stereocenters. The molecule has 0 saturated carbocycles. The molecule has 1 rings (SSSR count). The van der Waals surface area contributed by atoms with Crippen LogP contribution in [0.3, 0.4) is 0 Å². The van der Waals surface area contributed by atoms with E-state index in [4.69, 9.17) is 5.73 Å². The number of aryl methyl sites for hydroxylation is 1. The lowest BCUT2D eigenvalue weighted by molar-refractivity contribution is -0.117. The van der Waals surface area contributed by atoms with Gasteiger partial charge in [0.05, 0.1) is 0 Å². The number of primary amides is 1. The average molecular weight is 202 g/mol. The molecule has 0 aromatic heterocycles. The van der Waals surface area contributed by atoms with Gasteiger partial charge < -0.3 is 11.1 Å². The Labute approximate surface area is 89.7 Å². The minimum atomic E-state index is -0.403. The van der Waals surface area contributed by atoms with Crippen molar-refractivity contribution in [3.8, 4) is 12.0 Å². The van der Waals surface area contributed by atoms with Gasteiger partial charge in [-0.1, -0.05) is 35.7 Å². The highest BCUT2D eigenvalue weighted by Gasteiger charge is 1.89. The van der Waals surface area contributed by atoms with E-state index in [1.165, 1.54) is 11.1 Å². The van der Waals surface area contributed by atoms with Crippen molar-refractivity contribution in [2.24, 2.45) is 5.73 Å². The maximum atomic E-state index is 10.4. The minimum Gasteiger partial charge on any atom is -0.368 e.